The number of hydrogen-bond acceptors (Lipinski definition) is 6. The number of aromatic nitrogens is 3. The zero-order valence-corrected chi connectivity index (χ0v) is 13.9. The molecule has 0 aliphatic carbocycles. The summed E-state index contributed by atoms with van der Waals surface area (Å²) in [6.07, 6.45) is 1.46. The third-order valence-electron chi connectivity index (χ3n) is 2.43. The molecule has 1 aromatic heterocycles. The first-order valence-corrected chi connectivity index (χ1v) is 8.38. The summed E-state index contributed by atoms with van der Waals surface area (Å²) < 4.78 is 38.1. The fourth-order valence-electron chi connectivity index (χ4n) is 1.46. The van der Waals surface area contributed by atoms with E-state index in [1.807, 2.05) is 0 Å². The lowest BCUT2D eigenvalue weighted by molar-refractivity contribution is 0.0689. The highest BCUT2D eigenvalue weighted by molar-refractivity contribution is 9.10. The molecule has 116 valence electrons. The van der Waals surface area contributed by atoms with E-state index in [0.717, 1.165) is 6.42 Å². The number of unbranched alkanes of at least 4 members (excludes halogenated alkanes) is 1. The summed E-state index contributed by atoms with van der Waals surface area (Å²) in [7, 11) is -0.461. The first-order valence-electron chi connectivity index (χ1n) is 6.10. The van der Waals surface area contributed by atoms with Crippen LogP contribution >= 0.6 is 15.9 Å². The van der Waals surface area contributed by atoms with Crippen LogP contribution in [0.3, 0.4) is 0 Å². The maximum Gasteiger partial charge on any atom is 0.260 e. The fraction of sp³-hybridized carbons (Fsp3) is 0.800. The Labute approximate surface area is 127 Å². The van der Waals surface area contributed by atoms with Gasteiger partial charge in [-0.25, -0.2) is 17.8 Å². The van der Waals surface area contributed by atoms with Gasteiger partial charge in [-0.3, -0.25) is 0 Å². The van der Waals surface area contributed by atoms with Gasteiger partial charge < -0.3 is 9.47 Å². The number of hydrogen-bond donors (Lipinski definition) is 1. The van der Waals surface area contributed by atoms with Crippen molar-refractivity contribution in [1.29, 1.82) is 0 Å². The normalized spacial score (nSPS) is 11.9. The summed E-state index contributed by atoms with van der Waals surface area (Å²) >= 11 is 3.07. The molecule has 0 bridgehead atoms. The average Bonchev–Trinajstić information content (AvgIpc) is 2.73. The third-order valence-corrected chi connectivity index (χ3v) is 4.78. The molecule has 0 saturated carbocycles. The van der Waals surface area contributed by atoms with E-state index in [4.69, 9.17) is 9.47 Å². The largest absolute Gasteiger partial charge is 0.382 e. The van der Waals surface area contributed by atoms with Crippen LogP contribution in [-0.4, -0.2) is 56.9 Å². The van der Waals surface area contributed by atoms with Gasteiger partial charge in [-0.2, -0.15) is 0 Å². The van der Waals surface area contributed by atoms with Crippen molar-refractivity contribution in [3.8, 4) is 0 Å². The van der Waals surface area contributed by atoms with Gasteiger partial charge >= 0.3 is 0 Å². The lowest BCUT2D eigenvalue weighted by Crippen LogP contribution is -2.27. The van der Waals surface area contributed by atoms with Crippen molar-refractivity contribution in [2.24, 2.45) is 7.05 Å². The molecule has 20 heavy (non-hydrogen) atoms. The van der Waals surface area contributed by atoms with Gasteiger partial charge in [0.25, 0.3) is 10.0 Å². The van der Waals surface area contributed by atoms with Crippen LogP contribution in [0.25, 0.3) is 0 Å². The highest BCUT2D eigenvalue weighted by Crippen LogP contribution is 2.17. The SMILES string of the molecule is COCCOCCCCNS(=O)(=O)c1c(Br)nnn1C. The van der Waals surface area contributed by atoms with Crippen molar-refractivity contribution in [1.82, 2.24) is 19.7 Å². The van der Waals surface area contributed by atoms with E-state index in [0.29, 0.717) is 32.8 Å². The van der Waals surface area contributed by atoms with E-state index < -0.39 is 10.0 Å². The van der Waals surface area contributed by atoms with Gasteiger partial charge in [0.15, 0.2) is 4.60 Å². The van der Waals surface area contributed by atoms with Gasteiger partial charge in [-0.15, -0.1) is 5.10 Å². The summed E-state index contributed by atoms with van der Waals surface area (Å²) in [4.78, 5) is 0. The van der Waals surface area contributed by atoms with Gasteiger partial charge in [0, 0.05) is 27.3 Å². The molecule has 0 saturated heterocycles. The lowest BCUT2D eigenvalue weighted by atomic mass is 10.3. The van der Waals surface area contributed by atoms with Crippen LogP contribution in [0.15, 0.2) is 9.63 Å². The first kappa shape index (κ1) is 17.5. The Bertz CT molecular complexity index is 486. The molecule has 0 unspecified atom stereocenters. The van der Waals surface area contributed by atoms with Gasteiger partial charge in [0.05, 0.1) is 13.2 Å². The predicted molar refractivity (Wildman–Crippen MR) is 75.8 cm³/mol. The molecule has 10 heteroatoms. The van der Waals surface area contributed by atoms with Crippen molar-refractivity contribution < 1.29 is 17.9 Å². The molecule has 1 N–H and O–H groups in total. The van der Waals surface area contributed by atoms with E-state index in [9.17, 15) is 8.42 Å². The van der Waals surface area contributed by atoms with Gasteiger partial charge in [-0.1, -0.05) is 5.21 Å². The zero-order valence-electron chi connectivity index (χ0n) is 11.5. The molecule has 0 aliphatic rings. The Morgan fingerprint density at radius 3 is 2.65 bits per heavy atom. The second-order valence-corrected chi connectivity index (χ2v) is 6.45. The maximum absolute atomic E-state index is 12.0. The molecule has 0 aromatic carbocycles. The van der Waals surface area contributed by atoms with E-state index in [2.05, 4.69) is 31.0 Å². The number of sulfonamides is 1. The molecule has 8 nitrogen and oxygen atoms in total. The monoisotopic (exact) mass is 370 g/mol. The Hall–Kier alpha value is -0.550. The highest BCUT2D eigenvalue weighted by atomic mass is 79.9. The standard InChI is InChI=1S/C10H19BrN4O4S/c1-15-10(9(11)13-14-15)20(16,17)12-5-3-4-6-19-8-7-18-2/h12H,3-8H2,1-2H3. The minimum absolute atomic E-state index is 0.0221. The van der Waals surface area contributed by atoms with E-state index in [1.54, 1.807) is 7.11 Å². The number of ether oxygens (including phenoxy) is 2. The van der Waals surface area contributed by atoms with Crippen molar-refractivity contribution in [3.63, 3.8) is 0 Å². The van der Waals surface area contributed by atoms with Crippen molar-refractivity contribution in [2.45, 2.75) is 17.9 Å². The summed E-state index contributed by atoms with van der Waals surface area (Å²) in [6, 6.07) is 0. The summed E-state index contributed by atoms with van der Waals surface area (Å²) in [6.45, 7) is 2.04. The maximum atomic E-state index is 12.0. The van der Waals surface area contributed by atoms with Crippen LogP contribution in [0, 0.1) is 0 Å². The molecule has 0 amide bonds. The average molecular weight is 371 g/mol. The van der Waals surface area contributed by atoms with Gasteiger partial charge in [0.1, 0.15) is 0 Å². The van der Waals surface area contributed by atoms with Crippen LogP contribution in [-0.2, 0) is 26.5 Å². The Kier molecular flexibility index (Phi) is 7.59. The van der Waals surface area contributed by atoms with Crippen LogP contribution in [0.4, 0.5) is 0 Å². The lowest BCUT2D eigenvalue weighted by Gasteiger charge is -2.07. The zero-order chi connectivity index (χ0) is 15.0. The van der Waals surface area contributed by atoms with Crippen LogP contribution in [0.5, 0.6) is 0 Å². The van der Waals surface area contributed by atoms with Gasteiger partial charge in [0.2, 0.25) is 5.03 Å². The fourth-order valence-corrected chi connectivity index (χ4v) is 3.62. The molecule has 1 heterocycles. The molecule has 0 radical (unpaired) electrons. The predicted octanol–water partition coefficient (Wildman–Crippen LogP) is 0.299. The van der Waals surface area contributed by atoms with Crippen LogP contribution in [0.1, 0.15) is 12.8 Å². The first-order chi connectivity index (χ1) is 9.49. The minimum Gasteiger partial charge on any atom is -0.382 e. The molecular weight excluding hydrogens is 352 g/mol. The molecule has 1 aromatic rings. The Morgan fingerprint density at radius 1 is 1.30 bits per heavy atom. The molecule has 0 aliphatic heterocycles. The summed E-state index contributed by atoms with van der Waals surface area (Å²) in [5.74, 6) is 0. The molecule has 0 fully saturated rings. The third kappa shape index (κ3) is 5.44. The molecule has 0 spiro atoms. The summed E-state index contributed by atoms with van der Waals surface area (Å²) in [5.41, 5.74) is 0. The van der Waals surface area contributed by atoms with E-state index in [-0.39, 0.29) is 9.63 Å². The number of halogens is 1. The van der Waals surface area contributed by atoms with E-state index >= 15 is 0 Å². The molecule has 0 atom stereocenters. The van der Waals surface area contributed by atoms with Crippen LogP contribution < -0.4 is 4.72 Å². The number of nitrogens with zero attached hydrogens (tertiary/aromatic N) is 3. The summed E-state index contributed by atoms with van der Waals surface area (Å²) in [5, 5.41) is 7.31. The van der Waals surface area contributed by atoms with E-state index in [1.165, 1.54) is 11.7 Å². The second-order valence-electron chi connectivity index (χ2n) is 4.02. The number of methoxy groups -OCH3 is 1. The highest BCUT2D eigenvalue weighted by Gasteiger charge is 2.22. The topological polar surface area (TPSA) is 95.3 Å². The Morgan fingerprint density at radius 2 is 2.05 bits per heavy atom. The van der Waals surface area contributed by atoms with Crippen molar-refractivity contribution in [3.05, 3.63) is 4.60 Å². The van der Waals surface area contributed by atoms with Gasteiger partial charge in [-0.05, 0) is 28.8 Å². The number of aryl methyl sites for hydroxylation is 1. The quantitative estimate of drug-likeness (QED) is 0.595. The Balaban J connectivity index is 2.28. The minimum atomic E-state index is -3.60. The molecule has 1 rings (SSSR count). The van der Waals surface area contributed by atoms with Crippen molar-refractivity contribution >= 4 is 26.0 Å². The molecular formula is C10H19BrN4O4S. The number of nitrogens with one attached hydrogen (secondary N) is 1. The van der Waals surface area contributed by atoms with Crippen LogP contribution in [0.2, 0.25) is 0 Å². The smallest absolute Gasteiger partial charge is 0.260 e. The van der Waals surface area contributed by atoms with Crippen molar-refractivity contribution in [2.75, 3.05) is 33.5 Å². The second kappa shape index (κ2) is 8.67. The number of rotatable bonds is 10.